The van der Waals surface area contributed by atoms with Gasteiger partial charge in [-0.05, 0) is 45.5 Å². The van der Waals surface area contributed by atoms with Crippen LogP contribution < -0.4 is 0 Å². The van der Waals surface area contributed by atoms with E-state index in [0.717, 1.165) is 6.42 Å². The molecule has 0 fully saturated rings. The lowest BCUT2D eigenvalue weighted by Crippen LogP contribution is -2.03. The average Bonchev–Trinajstić information content (AvgIpc) is 2.41. The molecule has 1 N–H and O–H groups in total. The van der Waals surface area contributed by atoms with Crippen LogP contribution in [0.3, 0.4) is 0 Å². The molecule has 0 saturated heterocycles. The first-order valence-electron chi connectivity index (χ1n) is 6.70. The lowest BCUT2D eigenvalue weighted by molar-refractivity contribution is 0.214. The lowest BCUT2D eigenvalue weighted by Gasteiger charge is -2.14. The third-order valence-electron chi connectivity index (χ3n) is 3.22. The summed E-state index contributed by atoms with van der Waals surface area (Å²) in [7, 11) is 0. The van der Waals surface area contributed by atoms with E-state index in [9.17, 15) is 9.50 Å². The maximum absolute atomic E-state index is 14.0. The fraction of sp³-hybridized carbons (Fsp3) is 0.294. The summed E-state index contributed by atoms with van der Waals surface area (Å²) in [6.45, 7) is 4.33. The first kappa shape index (κ1) is 15.2. The molecule has 1 atom stereocenters. The Bertz CT molecular complexity index is 578. The molecule has 0 saturated carbocycles. The number of rotatable bonds is 4. The molecule has 0 aliphatic heterocycles. The van der Waals surface area contributed by atoms with Gasteiger partial charge in [0.15, 0.2) is 0 Å². The summed E-state index contributed by atoms with van der Waals surface area (Å²) < 4.78 is 14.3. The van der Waals surface area contributed by atoms with Crippen molar-refractivity contribution in [3.63, 3.8) is 0 Å². The Kier molecular flexibility index (Phi) is 4.95. The predicted octanol–water partition coefficient (Wildman–Crippen LogP) is 4.87. The van der Waals surface area contributed by atoms with Gasteiger partial charge in [0.2, 0.25) is 0 Å². The summed E-state index contributed by atoms with van der Waals surface area (Å²) in [5.41, 5.74) is 2.22. The van der Waals surface area contributed by atoms with E-state index in [-0.39, 0.29) is 5.56 Å². The standard InChI is InChI=1S/C17H18BrFO/c1-11(2)10-12-6-8-13(9-7-12)17(20)14-4-3-5-15(18)16(14)19/h3-9,11,17,20H,10H2,1-2H3. The van der Waals surface area contributed by atoms with Crippen LogP contribution in [0, 0.1) is 11.7 Å². The molecule has 0 spiro atoms. The van der Waals surface area contributed by atoms with Crippen LogP contribution in [0.25, 0.3) is 0 Å². The molecule has 2 aromatic rings. The van der Waals surface area contributed by atoms with Crippen molar-refractivity contribution in [2.45, 2.75) is 26.4 Å². The minimum Gasteiger partial charge on any atom is -0.384 e. The van der Waals surface area contributed by atoms with Gasteiger partial charge in [-0.3, -0.25) is 0 Å². The molecule has 2 rings (SSSR count). The Balaban J connectivity index is 2.25. The first-order valence-corrected chi connectivity index (χ1v) is 7.49. The highest BCUT2D eigenvalue weighted by molar-refractivity contribution is 9.10. The highest BCUT2D eigenvalue weighted by Crippen LogP contribution is 2.28. The van der Waals surface area contributed by atoms with Gasteiger partial charge in [0, 0.05) is 5.56 Å². The quantitative estimate of drug-likeness (QED) is 0.844. The van der Waals surface area contributed by atoms with E-state index < -0.39 is 11.9 Å². The van der Waals surface area contributed by atoms with E-state index >= 15 is 0 Å². The minimum atomic E-state index is -0.944. The number of hydrogen-bond acceptors (Lipinski definition) is 1. The van der Waals surface area contributed by atoms with Crippen molar-refractivity contribution >= 4 is 15.9 Å². The zero-order valence-corrected chi connectivity index (χ0v) is 13.2. The molecule has 1 nitrogen and oxygen atoms in total. The van der Waals surface area contributed by atoms with E-state index in [2.05, 4.69) is 29.8 Å². The molecular formula is C17H18BrFO. The van der Waals surface area contributed by atoms with E-state index in [1.807, 2.05) is 24.3 Å². The van der Waals surface area contributed by atoms with Crippen molar-refractivity contribution in [2.75, 3.05) is 0 Å². The number of benzene rings is 2. The largest absolute Gasteiger partial charge is 0.384 e. The molecule has 0 aliphatic rings. The Hall–Kier alpha value is -1.19. The fourth-order valence-corrected chi connectivity index (χ4v) is 2.60. The van der Waals surface area contributed by atoms with Gasteiger partial charge in [-0.2, -0.15) is 0 Å². The van der Waals surface area contributed by atoms with Crippen LogP contribution >= 0.6 is 15.9 Å². The molecule has 3 heteroatoms. The molecular weight excluding hydrogens is 319 g/mol. The van der Waals surface area contributed by atoms with Gasteiger partial charge >= 0.3 is 0 Å². The van der Waals surface area contributed by atoms with Crippen molar-refractivity contribution in [3.8, 4) is 0 Å². The maximum Gasteiger partial charge on any atom is 0.143 e. The lowest BCUT2D eigenvalue weighted by atomic mass is 9.97. The monoisotopic (exact) mass is 336 g/mol. The molecule has 2 aromatic carbocycles. The van der Waals surface area contributed by atoms with Gasteiger partial charge < -0.3 is 5.11 Å². The molecule has 0 amide bonds. The second-order valence-electron chi connectivity index (χ2n) is 5.39. The van der Waals surface area contributed by atoms with Crippen molar-refractivity contribution in [1.82, 2.24) is 0 Å². The Labute approximate surface area is 127 Å². The highest BCUT2D eigenvalue weighted by Gasteiger charge is 2.16. The number of hydrogen-bond donors (Lipinski definition) is 1. The zero-order chi connectivity index (χ0) is 14.7. The van der Waals surface area contributed by atoms with Crippen LogP contribution in [-0.4, -0.2) is 5.11 Å². The fourth-order valence-electron chi connectivity index (χ4n) is 2.22. The summed E-state index contributed by atoms with van der Waals surface area (Å²) in [6, 6.07) is 12.7. The van der Waals surface area contributed by atoms with Crippen LogP contribution in [0.1, 0.15) is 36.6 Å². The summed E-state index contributed by atoms with van der Waals surface area (Å²) in [5.74, 6) is 0.180. The molecule has 0 radical (unpaired) electrons. The van der Waals surface area contributed by atoms with E-state index in [1.165, 1.54) is 5.56 Å². The van der Waals surface area contributed by atoms with Gasteiger partial charge in [-0.25, -0.2) is 4.39 Å². The summed E-state index contributed by atoms with van der Waals surface area (Å²) >= 11 is 3.14. The summed E-state index contributed by atoms with van der Waals surface area (Å²) in [4.78, 5) is 0. The summed E-state index contributed by atoms with van der Waals surface area (Å²) in [6.07, 6.45) is 0.0577. The van der Waals surface area contributed by atoms with E-state index in [1.54, 1.807) is 18.2 Å². The second-order valence-corrected chi connectivity index (χ2v) is 6.24. The first-order chi connectivity index (χ1) is 9.49. The Morgan fingerprint density at radius 2 is 1.75 bits per heavy atom. The number of aliphatic hydroxyl groups is 1. The molecule has 20 heavy (non-hydrogen) atoms. The second kappa shape index (κ2) is 6.51. The van der Waals surface area contributed by atoms with Crippen LogP contribution in [0.4, 0.5) is 4.39 Å². The molecule has 0 aromatic heterocycles. The van der Waals surface area contributed by atoms with Crippen molar-refractivity contribution in [2.24, 2.45) is 5.92 Å². The number of halogens is 2. The molecule has 1 unspecified atom stereocenters. The molecule has 0 aliphatic carbocycles. The normalized spacial score (nSPS) is 12.7. The third-order valence-corrected chi connectivity index (χ3v) is 3.83. The maximum atomic E-state index is 14.0. The van der Waals surface area contributed by atoms with Crippen molar-refractivity contribution in [1.29, 1.82) is 0 Å². The average molecular weight is 337 g/mol. The van der Waals surface area contributed by atoms with E-state index in [0.29, 0.717) is 16.0 Å². The molecule has 0 heterocycles. The van der Waals surface area contributed by atoms with Crippen LogP contribution in [0.15, 0.2) is 46.9 Å². The van der Waals surface area contributed by atoms with Crippen LogP contribution in [-0.2, 0) is 6.42 Å². The van der Waals surface area contributed by atoms with Gasteiger partial charge in [0.1, 0.15) is 11.9 Å². The van der Waals surface area contributed by atoms with Gasteiger partial charge in [0.05, 0.1) is 4.47 Å². The van der Waals surface area contributed by atoms with Gasteiger partial charge in [-0.1, -0.05) is 50.2 Å². The van der Waals surface area contributed by atoms with Crippen LogP contribution in [0.2, 0.25) is 0 Å². The van der Waals surface area contributed by atoms with Crippen molar-refractivity contribution in [3.05, 3.63) is 69.4 Å². The number of aliphatic hydroxyl groups excluding tert-OH is 1. The molecule has 106 valence electrons. The minimum absolute atomic E-state index is 0.288. The predicted molar refractivity (Wildman–Crippen MR) is 83.1 cm³/mol. The topological polar surface area (TPSA) is 20.2 Å². The smallest absolute Gasteiger partial charge is 0.143 e. The highest BCUT2D eigenvalue weighted by atomic mass is 79.9. The van der Waals surface area contributed by atoms with Gasteiger partial charge in [0.25, 0.3) is 0 Å². The Morgan fingerprint density at radius 3 is 2.35 bits per heavy atom. The van der Waals surface area contributed by atoms with Gasteiger partial charge in [-0.15, -0.1) is 0 Å². The van der Waals surface area contributed by atoms with Crippen molar-refractivity contribution < 1.29 is 9.50 Å². The molecule has 0 bridgehead atoms. The third kappa shape index (κ3) is 3.47. The van der Waals surface area contributed by atoms with Crippen LogP contribution in [0.5, 0.6) is 0 Å². The Morgan fingerprint density at radius 1 is 1.10 bits per heavy atom. The SMILES string of the molecule is CC(C)Cc1ccc(C(O)c2cccc(Br)c2F)cc1. The van der Waals surface area contributed by atoms with E-state index in [4.69, 9.17) is 0 Å². The zero-order valence-electron chi connectivity index (χ0n) is 11.6. The summed E-state index contributed by atoms with van der Waals surface area (Å²) in [5, 5.41) is 10.3.